The molecule has 1 aliphatic rings. The third-order valence-corrected chi connectivity index (χ3v) is 4.29. The molecule has 10 nitrogen and oxygen atoms in total. The Morgan fingerprint density at radius 2 is 2.00 bits per heavy atom. The monoisotopic (exact) mass is 387 g/mol. The van der Waals surface area contributed by atoms with Crippen LogP contribution >= 0.6 is 0 Å². The molecule has 0 saturated carbocycles. The van der Waals surface area contributed by atoms with Gasteiger partial charge in [-0.15, -0.1) is 0 Å². The molecule has 2 heterocycles. The van der Waals surface area contributed by atoms with Crippen molar-refractivity contribution < 1.29 is 14.3 Å². The fourth-order valence-corrected chi connectivity index (χ4v) is 2.90. The number of nitrogens with one attached hydrogen (secondary N) is 1. The van der Waals surface area contributed by atoms with E-state index in [9.17, 15) is 4.79 Å². The number of aromatic nitrogens is 3. The summed E-state index contributed by atoms with van der Waals surface area (Å²) in [5, 5.41) is 3.12. The predicted molar refractivity (Wildman–Crippen MR) is 104 cm³/mol. The summed E-state index contributed by atoms with van der Waals surface area (Å²) in [6.45, 7) is 5.34. The van der Waals surface area contributed by atoms with Gasteiger partial charge in [0.1, 0.15) is 11.6 Å². The lowest BCUT2D eigenvalue weighted by atomic mass is 10.3. The van der Waals surface area contributed by atoms with Crippen molar-refractivity contribution in [3.8, 4) is 5.75 Å². The van der Waals surface area contributed by atoms with Gasteiger partial charge < -0.3 is 25.4 Å². The molecule has 0 aliphatic carbocycles. The summed E-state index contributed by atoms with van der Waals surface area (Å²) in [4.78, 5) is 28.5. The third kappa shape index (κ3) is 5.19. The molecule has 0 spiro atoms. The van der Waals surface area contributed by atoms with Crippen LogP contribution in [0.15, 0.2) is 24.3 Å². The van der Waals surface area contributed by atoms with Crippen molar-refractivity contribution in [3.05, 3.63) is 30.1 Å². The summed E-state index contributed by atoms with van der Waals surface area (Å²) in [6, 6.07) is 7.45. The van der Waals surface area contributed by atoms with Gasteiger partial charge in [-0.05, 0) is 19.1 Å². The number of piperazine rings is 1. The lowest BCUT2D eigenvalue weighted by Gasteiger charge is -2.33. The molecule has 1 aliphatic heterocycles. The van der Waals surface area contributed by atoms with Crippen molar-refractivity contribution in [2.75, 3.05) is 50.9 Å². The van der Waals surface area contributed by atoms with Crippen LogP contribution in [-0.4, -0.2) is 70.7 Å². The Balaban J connectivity index is 1.61. The fourth-order valence-electron chi connectivity index (χ4n) is 2.90. The van der Waals surface area contributed by atoms with Crippen LogP contribution in [0.5, 0.6) is 5.75 Å². The first-order valence-electron chi connectivity index (χ1n) is 9.13. The molecule has 28 heavy (non-hydrogen) atoms. The van der Waals surface area contributed by atoms with E-state index >= 15 is 0 Å². The van der Waals surface area contributed by atoms with Gasteiger partial charge in [0.15, 0.2) is 0 Å². The van der Waals surface area contributed by atoms with E-state index in [2.05, 4.69) is 25.2 Å². The maximum Gasteiger partial charge on any atom is 0.409 e. The number of nitrogen functional groups attached to an aromatic ring is 1. The fraction of sp³-hybridized carbons (Fsp3) is 0.444. The van der Waals surface area contributed by atoms with E-state index in [1.807, 2.05) is 24.3 Å². The van der Waals surface area contributed by atoms with Gasteiger partial charge in [0.2, 0.25) is 11.9 Å². The number of anilines is 3. The molecule has 2 aromatic rings. The Morgan fingerprint density at radius 3 is 2.71 bits per heavy atom. The van der Waals surface area contributed by atoms with Crippen LogP contribution in [0.1, 0.15) is 12.7 Å². The van der Waals surface area contributed by atoms with Gasteiger partial charge in [0.25, 0.3) is 0 Å². The highest BCUT2D eigenvalue weighted by molar-refractivity contribution is 5.67. The zero-order valence-corrected chi connectivity index (χ0v) is 16.1. The first kappa shape index (κ1) is 19.6. The standard InChI is InChI=1S/C18H25N7O3/c1-3-28-18(26)25-9-7-24(8-10-25)12-15-21-16(19)23-17(22-15)20-13-5-4-6-14(11-13)27-2/h4-6,11H,3,7-10,12H2,1-2H3,(H3,19,20,21,22,23). The molecular weight excluding hydrogens is 362 g/mol. The van der Waals surface area contributed by atoms with Crippen molar-refractivity contribution in [3.63, 3.8) is 0 Å². The van der Waals surface area contributed by atoms with Crippen molar-refractivity contribution in [2.24, 2.45) is 0 Å². The van der Waals surface area contributed by atoms with E-state index in [1.54, 1.807) is 18.9 Å². The number of hydrogen-bond donors (Lipinski definition) is 2. The van der Waals surface area contributed by atoms with E-state index in [0.29, 0.717) is 51.1 Å². The van der Waals surface area contributed by atoms with Crippen molar-refractivity contribution in [1.82, 2.24) is 24.8 Å². The molecule has 0 radical (unpaired) electrons. The number of carbonyl (C=O) groups is 1. The second-order valence-corrected chi connectivity index (χ2v) is 6.25. The first-order chi connectivity index (χ1) is 13.6. The molecule has 1 aromatic heterocycles. The number of rotatable bonds is 6. The highest BCUT2D eigenvalue weighted by Gasteiger charge is 2.22. The highest BCUT2D eigenvalue weighted by Crippen LogP contribution is 2.20. The summed E-state index contributed by atoms with van der Waals surface area (Å²) < 4.78 is 10.3. The molecule has 0 unspecified atom stereocenters. The van der Waals surface area contributed by atoms with Crippen molar-refractivity contribution in [2.45, 2.75) is 13.5 Å². The molecular formula is C18H25N7O3. The van der Waals surface area contributed by atoms with E-state index in [-0.39, 0.29) is 12.0 Å². The van der Waals surface area contributed by atoms with E-state index in [1.165, 1.54) is 0 Å². The number of nitrogens with zero attached hydrogens (tertiary/aromatic N) is 5. The number of nitrogens with two attached hydrogens (primary N) is 1. The quantitative estimate of drug-likeness (QED) is 0.759. The number of hydrogen-bond acceptors (Lipinski definition) is 9. The van der Waals surface area contributed by atoms with Gasteiger partial charge in [-0.2, -0.15) is 15.0 Å². The number of carbonyl (C=O) groups excluding carboxylic acids is 1. The number of benzene rings is 1. The average molecular weight is 387 g/mol. The molecule has 0 atom stereocenters. The summed E-state index contributed by atoms with van der Waals surface area (Å²) in [6.07, 6.45) is -0.267. The second kappa shape index (κ2) is 9.18. The molecule has 1 aromatic carbocycles. The van der Waals surface area contributed by atoms with E-state index in [0.717, 1.165) is 11.4 Å². The van der Waals surface area contributed by atoms with Crippen LogP contribution in [-0.2, 0) is 11.3 Å². The zero-order chi connectivity index (χ0) is 19.9. The molecule has 1 amide bonds. The number of methoxy groups -OCH3 is 1. The maximum atomic E-state index is 11.8. The molecule has 3 N–H and O–H groups in total. The van der Waals surface area contributed by atoms with Gasteiger partial charge in [-0.3, -0.25) is 4.90 Å². The second-order valence-electron chi connectivity index (χ2n) is 6.25. The van der Waals surface area contributed by atoms with E-state index in [4.69, 9.17) is 15.2 Å². The Kier molecular flexibility index (Phi) is 6.43. The van der Waals surface area contributed by atoms with Crippen LogP contribution in [0.3, 0.4) is 0 Å². The third-order valence-electron chi connectivity index (χ3n) is 4.29. The van der Waals surface area contributed by atoms with Crippen LogP contribution < -0.4 is 15.8 Å². The summed E-state index contributed by atoms with van der Waals surface area (Å²) in [5.41, 5.74) is 6.65. The normalized spacial score (nSPS) is 14.6. The smallest absolute Gasteiger partial charge is 0.409 e. The van der Waals surface area contributed by atoms with Crippen LogP contribution in [0.25, 0.3) is 0 Å². The van der Waals surface area contributed by atoms with Crippen LogP contribution in [0.4, 0.5) is 22.4 Å². The SMILES string of the molecule is CCOC(=O)N1CCN(Cc2nc(N)nc(Nc3cccc(OC)c3)n2)CC1. The summed E-state index contributed by atoms with van der Waals surface area (Å²) in [5.74, 6) is 1.83. The lowest BCUT2D eigenvalue weighted by molar-refractivity contribution is 0.0772. The molecule has 150 valence electrons. The van der Waals surface area contributed by atoms with Gasteiger partial charge >= 0.3 is 6.09 Å². The number of amides is 1. The lowest BCUT2D eigenvalue weighted by Crippen LogP contribution is -2.48. The van der Waals surface area contributed by atoms with Crippen LogP contribution in [0.2, 0.25) is 0 Å². The largest absolute Gasteiger partial charge is 0.497 e. The van der Waals surface area contributed by atoms with Gasteiger partial charge in [-0.1, -0.05) is 6.07 Å². The van der Waals surface area contributed by atoms with Gasteiger partial charge in [0.05, 0.1) is 20.3 Å². The summed E-state index contributed by atoms with van der Waals surface area (Å²) >= 11 is 0. The van der Waals surface area contributed by atoms with Crippen molar-refractivity contribution >= 4 is 23.7 Å². The average Bonchev–Trinajstić information content (AvgIpc) is 2.68. The molecule has 10 heteroatoms. The Hall–Kier alpha value is -3.14. The molecule has 3 rings (SSSR count). The van der Waals surface area contributed by atoms with Gasteiger partial charge in [-0.25, -0.2) is 4.79 Å². The Bertz CT molecular complexity index is 810. The van der Waals surface area contributed by atoms with Gasteiger partial charge in [0, 0.05) is 37.9 Å². The molecule has 0 bridgehead atoms. The minimum Gasteiger partial charge on any atom is -0.497 e. The highest BCUT2D eigenvalue weighted by atomic mass is 16.6. The van der Waals surface area contributed by atoms with Crippen molar-refractivity contribution in [1.29, 1.82) is 0 Å². The minimum absolute atomic E-state index is 0.153. The maximum absolute atomic E-state index is 11.8. The predicted octanol–water partition coefficient (Wildman–Crippen LogP) is 1.48. The molecule has 1 fully saturated rings. The molecule has 1 saturated heterocycles. The Morgan fingerprint density at radius 1 is 1.21 bits per heavy atom. The van der Waals surface area contributed by atoms with E-state index < -0.39 is 0 Å². The number of ether oxygens (including phenoxy) is 2. The van der Waals surface area contributed by atoms with Crippen LogP contribution in [0, 0.1) is 0 Å². The first-order valence-corrected chi connectivity index (χ1v) is 9.13. The topological polar surface area (TPSA) is 119 Å². The zero-order valence-electron chi connectivity index (χ0n) is 16.1. The Labute approximate surface area is 163 Å². The minimum atomic E-state index is -0.267. The summed E-state index contributed by atoms with van der Waals surface area (Å²) in [7, 11) is 1.61.